The Kier molecular flexibility index (Phi) is 5.74. The molecule has 2 aromatic heterocycles. The SMILES string of the molecule is Cc1cc(Nc2ncc(F)c(NC3=Nc4ncccc4OC3)n2)ccc1N1CCN(C)CC1. The number of amidine groups is 1. The van der Waals surface area contributed by atoms with E-state index in [4.69, 9.17) is 4.74 Å². The summed E-state index contributed by atoms with van der Waals surface area (Å²) in [7, 11) is 2.15. The van der Waals surface area contributed by atoms with E-state index in [-0.39, 0.29) is 18.4 Å². The average molecular weight is 449 g/mol. The number of aliphatic imine (C=N–C) groups is 1. The number of benzene rings is 1. The molecule has 1 saturated heterocycles. The Balaban J connectivity index is 1.31. The number of pyridine rings is 1. The lowest BCUT2D eigenvalue weighted by molar-refractivity contribution is 0.312. The van der Waals surface area contributed by atoms with Crippen molar-refractivity contribution in [3.63, 3.8) is 0 Å². The summed E-state index contributed by atoms with van der Waals surface area (Å²) in [6.07, 6.45) is 2.75. The minimum atomic E-state index is -0.586. The Hall–Kier alpha value is -3.79. The lowest BCUT2D eigenvalue weighted by atomic mass is 10.1. The summed E-state index contributed by atoms with van der Waals surface area (Å²) in [6.45, 7) is 6.37. The van der Waals surface area contributed by atoms with E-state index in [0.717, 1.165) is 43.6 Å². The first-order valence-electron chi connectivity index (χ1n) is 10.8. The van der Waals surface area contributed by atoms with Crippen LogP contribution in [0.15, 0.2) is 47.7 Å². The van der Waals surface area contributed by atoms with Gasteiger partial charge in [0.05, 0.1) is 6.20 Å². The molecular weight excluding hydrogens is 423 g/mol. The van der Waals surface area contributed by atoms with Gasteiger partial charge in [-0.2, -0.15) is 4.98 Å². The Morgan fingerprint density at radius 2 is 1.91 bits per heavy atom. The number of ether oxygens (including phenoxy) is 1. The first-order chi connectivity index (χ1) is 16.0. The molecular formula is C23H25FN8O. The minimum absolute atomic E-state index is 0.0139. The van der Waals surface area contributed by atoms with Gasteiger partial charge < -0.3 is 25.2 Å². The third kappa shape index (κ3) is 4.70. The molecule has 0 unspecified atom stereocenters. The highest BCUT2D eigenvalue weighted by Gasteiger charge is 2.18. The van der Waals surface area contributed by atoms with Gasteiger partial charge in [-0.25, -0.2) is 19.4 Å². The first-order valence-corrected chi connectivity index (χ1v) is 10.8. The maximum atomic E-state index is 14.4. The molecule has 1 aromatic carbocycles. The van der Waals surface area contributed by atoms with Gasteiger partial charge in [0.25, 0.3) is 0 Å². The van der Waals surface area contributed by atoms with E-state index in [0.29, 0.717) is 17.4 Å². The number of likely N-dealkylation sites (N-methyl/N-ethyl adjacent to an activating group) is 1. The molecule has 170 valence electrons. The lowest BCUT2D eigenvalue weighted by Crippen LogP contribution is -2.44. The maximum absolute atomic E-state index is 14.4. The quantitative estimate of drug-likeness (QED) is 0.628. The molecule has 3 aromatic rings. The number of aromatic nitrogens is 3. The van der Waals surface area contributed by atoms with Gasteiger partial charge in [-0.05, 0) is 49.9 Å². The Labute approximate surface area is 191 Å². The fourth-order valence-corrected chi connectivity index (χ4v) is 3.87. The van der Waals surface area contributed by atoms with E-state index < -0.39 is 5.82 Å². The third-order valence-corrected chi connectivity index (χ3v) is 5.66. The standard InChI is InChI=1S/C23H25FN8O/c1-15-12-16(5-6-18(15)32-10-8-31(2)9-11-32)27-23-26-13-17(24)21(30-23)28-20-14-33-19-4-3-7-25-22(19)29-20/h3-7,12-13H,8-11,14H2,1-2H3,(H2,25,26,27,28,29,30). The van der Waals surface area contributed by atoms with E-state index in [9.17, 15) is 4.39 Å². The molecule has 10 heteroatoms. The van der Waals surface area contributed by atoms with Gasteiger partial charge in [0.1, 0.15) is 12.4 Å². The van der Waals surface area contributed by atoms with E-state index in [1.807, 2.05) is 6.07 Å². The third-order valence-electron chi connectivity index (χ3n) is 5.66. The minimum Gasteiger partial charge on any atom is -0.482 e. The van der Waals surface area contributed by atoms with Crippen LogP contribution in [0.4, 0.5) is 33.3 Å². The van der Waals surface area contributed by atoms with Crippen LogP contribution in [0.5, 0.6) is 5.75 Å². The van der Waals surface area contributed by atoms with Crippen LogP contribution in [0.2, 0.25) is 0 Å². The van der Waals surface area contributed by atoms with E-state index in [1.165, 1.54) is 5.69 Å². The number of piperazine rings is 1. The highest BCUT2D eigenvalue weighted by Crippen LogP contribution is 2.28. The van der Waals surface area contributed by atoms with Crippen LogP contribution >= 0.6 is 0 Å². The second-order valence-electron chi connectivity index (χ2n) is 8.10. The smallest absolute Gasteiger partial charge is 0.229 e. The van der Waals surface area contributed by atoms with Crippen LogP contribution in [0.3, 0.4) is 0 Å². The topological polar surface area (TPSA) is 90.8 Å². The summed E-state index contributed by atoms with van der Waals surface area (Å²) in [5.74, 6) is 1.15. The number of nitrogens with zero attached hydrogens (tertiary/aromatic N) is 6. The van der Waals surface area contributed by atoms with Crippen LogP contribution in [0.25, 0.3) is 0 Å². The van der Waals surface area contributed by atoms with Gasteiger partial charge >= 0.3 is 0 Å². The fraction of sp³-hybridized carbons (Fsp3) is 0.304. The molecule has 0 amide bonds. The number of aryl methyl sites for hydroxylation is 1. The Bertz CT molecular complexity index is 1190. The predicted molar refractivity (Wildman–Crippen MR) is 127 cm³/mol. The normalized spacial score (nSPS) is 16.0. The first kappa shape index (κ1) is 21.1. The van der Waals surface area contributed by atoms with Gasteiger partial charge in [0, 0.05) is 43.8 Å². The second kappa shape index (κ2) is 8.99. The predicted octanol–water partition coefficient (Wildman–Crippen LogP) is 3.35. The molecule has 0 radical (unpaired) electrons. The molecule has 0 bridgehead atoms. The molecule has 5 rings (SSSR count). The maximum Gasteiger partial charge on any atom is 0.229 e. The van der Waals surface area contributed by atoms with Gasteiger partial charge in [0.15, 0.2) is 23.2 Å². The van der Waals surface area contributed by atoms with Crippen molar-refractivity contribution in [2.45, 2.75) is 6.92 Å². The summed E-state index contributed by atoms with van der Waals surface area (Å²) in [6, 6.07) is 9.70. The molecule has 33 heavy (non-hydrogen) atoms. The second-order valence-corrected chi connectivity index (χ2v) is 8.10. The Morgan fingerprint density at radius 1 is 1.06 bits per heavy atom. The van der Waals surface area contributed by atoms with Crippen molar-refractivity contribution in [3.05, 3.63) is 54.1 Å². The lowest BCUT2D eigenvalue weighted by Gasteiger charge is -2.35. The van der Waals surface area contributed by atoms with E-state index in [2.05, 4.69) is 66.5 Å². The van der Waals surface area contributed by atoms with E-state index in [1.54, 1.807) is 18.3 Å². The van der Waals surface area contributed by atoms with Gasteiger partial charge in [-0.1, -0.05) is 0 Å². The molecule has 0 spiro atoms. The number of rotatable bonds is 4. The Morgan fingerprint density at radius 3 is 2.73 bits per heavy atom. The van der Waals surface area contributed by atoms with Crippen molar-refractivity contribution in [3.8, 4) is 5.75 Å². The van der Waals surface area contributed by atoms with Gasteiger partial charge in [-0.3, -0.25) is 0 Å². The van der Waals surface area contributed by atoms with Gasteiger partial charge in [-0.15, -0.1) is 0 Å². The van der Waals surface area contributed by atoms with Crippen LogP contribution < -0.4 is 20.3 Å². The number of fused-ring (bicyclic) bond motifs is 1. The number of hydrogen-bond donors (Lipinski definition) is 2. The molecule has 1 fully saturated rings. The summed E-state index contributed by atoms with van der Waals surface area (Å²) in [4.78, 5) is 21.6. The van der Waals surface area contributed by atoms with Crippen molar-refractivity contribution < 1.29 is 9.13 Å². The van der Waals surface area contributed by atoms with Crippen molar-refractivity contribution in [2.24, 2.45) is 4.99 Å². The van der Waals surface area contributed by atoms with Crippen LogP contribution in [0, 0.1) is 12.7 Å². The molecule has 2 aliphatic heterocycles. The zero-order valence-corrected chi connectivity index (χ0v) is 18.5. The molecule has 9 nitrogen and oxygen atoms in total. The highest BCUT2D eigenvalue weighted by molar-refractivity contribution is 5.98. The van der Waals surface area contributed by atoms with Crippen LogP contribution in [-0.2, 0) is 0 Å². The zero-order chi connectivity index (χ0) is 22.8. The molecule has 0 atom stereocenters. The summed E-state index contributed by atoms with van der Waals surface area (Å²) >= 11 is 0. The highest BCUT2D eigenvalue weighted by atomic mass is 19.1. The van der Waals surface area contributed by atoms with Crippen molar-refractivity contribution in [1.29, 1.82) is 0 Å². The molecule has 2 aliphatic rings. The van der Waals surface area contributed by atoms with Crippen LogP contribution in [-0.4, -0.2) is 65.5 Å². The summed E-state index contributed by atoms with van der Waals surface area (Å²) < 4.78 is 20.0. The largest absolute Gasteiger partial charge is 0.482 e. The number of hydrogen-bond acceptors (Lipinski definition) is 9. The van der Waals surface area contributed by atoms with Crippen molar-refractivity contribution in [2.75, 3.05) is 55.4 Å². The van der Waals surface area contributed by atoms with Crippen LogP contribution in [0.1, 0.15) is 5.56 Å². The number of anilines is 4. The van der Waals surface area contributed by atoms with Gasteiger partial charge in [0.2, 0.25) is 5.95 Å². The molecule has 4 heterocycles. The zero-order valence-electron chi connectivity index (χ0n) is 18.5. The summed E-state index contributed by atoms with van der Waals surface area (Å²) in [5, 5.41) is 6.05. The van der Waals surface area contributed by atoms with E-state index >= 15 is 0 Å². The van der Waals surface area contributed by atoms with Crippen molar-refractivity contribution >= 4 is 34.8 Å². The monoisotopic (exact) mass is 448 g/mol. The number of halogens is 1. The molecule has 2 N–H and O–H groups in total. The van der Waals surface area contributed by atoms with Crippen molar-refractivity contribution in [1.82, 2.24) is 19.9 Å². The summed E-state index contributed by atoms with van der Waals surface area (Å²) in [5.41, 5.74) is 3.21. The average Bonchev–Trinajstić information content (AvgIpc) is 2.82. The number of nitrogens with one attached hydrogen (secondary N) is 2. The fourth-order valence-electron chi connectivity index (χ4n) is 3.87. The molecule has 0 saturated carbocycles. The molecule has 0 aliphatic carbocycles.